The van der Waals surface area contributed by atoms with Crippen LogP contribution >= 0.6 is 0 Å². The van der Waals surface area contributed by atoms with E-state index in [9.17, 15) is 4.79 Å². The highest BCUT2D eigenvalue weighted by atomic mass is 16.5. The van der Waals surface area contributed by atoms with Crippen molar-refractivity contribution in [1.82, 2.24) is 0 Å². The van der Waals surface area contributed by atoms with Crippen molar-refractivity contribution in [2.24, 2.45) is 5.92 Å². The lowest BCUT2D eigenvalue weighted by Crippen LogP contribution is -2.02. The van der Waals surface area contributed by atoms with E-state index in [0.717, 1.165) is 0 Å². The number of ether oxygens (including phenoxy) is 1. The molecule has 0 radical (unpaired) electrons. The summed E-state index contributed by atoms with van der Waals surface area (Å²) in [5, 5.41) is 8.27. The summed E-state index contributed by atoms with van der Waals surface area (Å²) in [4.78, 5) is 10.1. The van der Waals surface area contributed by atoms with Crippen LogP contribution in [-0.4, -0.2) is 24.3 Å². The fourth-order valence-corrected chi connectivity index (χ4v) is 0.692. The standard InChI is InChI=1S/C5H8O3/c1-8-4-2-3(4)5(6)7/h3-4H,2H2,1H3,(H,6,7)/t3-,4-/m0/s1. The van der Waals surface area contributed by atoms with Crippen LogP contribution in [0, 0.1) is 5.92 Å². The van der Waals surface area contributed by atoms with Gasteiger partial charge < -0.3 is 9.84 Å². The van der Waals surface area contributed by atoms with Crippen LogP contribution in [0.2, 0.25) is 0 Å². The van der Waals surface area contributed by atoms with Crippen LogP contribution in [0.4, 0.5) is 0 Å². The summed E-state index contributed by atoms with van der Waals surface area (Å²) < 4.78 is 4.75. The number of aliphatic carboxylic acids is 1. The SMILES string of the molecule is CO[C@H]1C[C@@H]1C(=O)O. The molecule has 1 rings (SSSR count). The topological polar surface area (TPSA) is 46.5 Å². The molecule has 0 saturated heterocycles. The van der Waals surface area contributed by atoms with Gasteiger partial charge >= 0.3 is 5.97 Å². The smallest absolute Gasteiger partial charge is 0.309 e. The van der Waals surface area contributed by atoms with E-state index in [2.05, 4.69) is 0 Å². The molecule has 1 aliphatic rings. The predicted molar refractivity (Wildman–Crippen MR) is 26.5 cm³/mol. The van der Waals surface area contributed by atoms with Gasteiger partial charge in [-0.1, -0.05) is 0 Å². The Morgan fingerprint density at radius 1 is 1.88 bits per heavy atom. The Balaban J connectivity index is 2.26. The number of hydrogen-bond donors (Lipinski definition) is 1. The quantitative estimate of drug-likeness (QED) is 0.556. The number of carboxylic acids is 1. The third kappa shape index (κ3) is 0.816. The number of methoxy groups -OCH3 is 1. The highest BCUT2D eigenvalue weighted by Gasteiger charge is 2.43. The van der Waals surface area contributed by atoms with Gasteiger partial charge in [0.05, 0.1) is 12.0 Å². The van der Waals surface area contributed by atoms with Crippen LogP contribution in [-0.2, 0) is 9.53 Å². The summed E-state index contributed by atoms with van der Waals surface area (Å²) in [5.74, 6) is -0.961. The predicted octanol–water partition coefficient (Wildman–Crippen LogP) is 0.106. The summed E-state index contributed by atoms with van der Waals surface area (Å²) in [6.45, 7) is 0. The zero-order valence-electron chi connectivity index (χ0n) is 4.63. The van der Waals surface area contributed by atoms with Gasteiger partial charge in [0.15, 0.2) is 0 Å². The van der Waals surface area contributed by atoms with Gasteiger partial charge in [0, 0.05) is 7.11 Å². The summed E-state index contributed by atoms with van der Waals surface area (Å²) in [6, 6.07) is 0. The molecule has 0 unspecified atom stereocenters. The van der Waals surface area contributed by atoms with Crippen LogP contribution < -0.4 is 0 Å². The highest BCUT2D eigenvalue weighted by Crippen LogP contribution is 2.32. The molecule has 46 valence electrons. The maximum atomic E-state index is 10.1. The summed E-state index contributed by atoms with van der Waals surface area (Å²) in [7, 11) is 1.54. The lowest BCUT2D eigenvalue weighted by atomic mass is 10.4. The summed E-state index contributed by atoms with van der Waals surface area (Å²) in [5.41, 5.74) is 0. The Morgan fingerprint density at radius 2 is 2.50 bits per heavy atom. The number of hydrogen-bond acceptors (Lipinski definition) is 2. The normalized spacial score (nSPS) is 34.6. The average Bonchev–Trinajstić information content (AvgIpc) is 2.42. The second kappa shape index (κ2) is 1.74. The van der Waals surface area contributed by atoms with Gasteiger partial charge in [-0.2, -0.15) is 0 Å². The largest absolute Gasteiger partial charge is 0.481 e. The molecule has 0 amide bonds. The zero-order valence-corrected chi connectivity index (χ0v) is 4.63. The first-order chi connectivity index (χ1) is 3.75. The average molecular weight is 116 g/mol. The first-order valence-corrected chi connectivity index (χ1v) is 2.51. The molecular formula is C5H8O3. The molecule has 3 heteroatoms. The van der Waals surface area contributed by atoms with Crippen LogP contribution in [0.5, 0.6) is 0 Å². The molecule has 0 aromatic rings. The van der Waals surface area contributed by atoms with Gasteiger partial charge in [0.25, 0.3) is 0 Å². The van der Waals surface area contributed by atoms with Crippen LogP contribution in [0.1, 0.15) is 6.42 Å². The fourth-order valence-electron chi connectivity index (χ4n) is 0.692. The lowest BCUT2D eigenvalue weighted by Gasteiger charge is -1.87. The Bertz CT molecular complexity index is 110. The molecule has 1 N–H and O–H groups in total. The van der Waals surface area contributed by atoms with Gasteiger partial charge in [0.2, 0.25) is 0 Å². The molecule has 2 atom stereocenters. The van der Waals surface area contributed by atoms with E-state index < -0.39 is 5.97 Å². The third-order valence-corrected chi connectivity index (χ3v) is 1.35. The van der Waals surface area contributed by atoms with E-state index in [1.807, 2.05) is 0 Å². The Hall–Kier alpha value is -0.570. The molecule has 0 aliphatic heterocycles. The van der Waals surface area contributed by atoms with Crippen molar-refractivity contribution in [3.63, 3.8) is 0 Å². The second-order valence-corrected chi connectivity index (χ2v) is 1.95. The molecule has 1 aliphatic carbocycles. The molecule has 0 aromatic heterocycles. The van der Waals surface area contributed by atoms with Gasteiger partial charge in [0.1, 0.15) is 0 Å². The van der Waals surface area contributed by atoms with E-state index >= 15 is 0 Å². The van der Waals surface area contributed by atoms with Crippen molar-refractivity contribution in [2.75, 3.05) is 7.11 Å². The van der Waals surface area contributed by atoms with Gasteiger partial charge in [-0.05, 0) is 6.42 Å². The Kier molecular flexibility index (Phi) is 1.21. The van der Waals surface area contributed by atoms with Gasteiger partial charge in [-0.3, -0.25) is 4.79 Å². The zero-order chi connectivity index (χ0) is 6.15. The highest BCUT2D eigenvalue weighted by molar-refractivity contribution is 5.74. The molecule has 1 fully saturated rings. The number of rotatable bonds is 2. The van der Waals surface area contributed by atoms with Crippen molar-refractivity contribution in [2.45, 2.75) is 12.5 Å². The van der Waals surface area contributed by atoms with Gasteiger partial charge in [-0.25, -0.2) is 0 Å². The summed E-state index contributed by atoms with van der Waals surface area (Å²) >= 11 is 0. The molecule has 0 aromatic carbocycles. The van der Waals surface area contributed by atoms with Crippen molar-refractivity contribution >= 4 is 5.97 Å². The minimum atomic E-state index is -0.739. The minimum absolute atomic E-state index is 0.00694. The second-order valence-electron chi connectivity index (χ2n) is 1.95. The maximum Gasteiger partial charge on any atom is 0.309 e. The van der Waals surface area contributed by atoms with Crippen molar-refractivity contribution in [3.8, 4) is 0 Å². The first kappa shape index (κ1) is 5.56. The molecule has 0 bridgehead atoms. The maximum absolute atomic E-state index is 10.1. The molecule has 0 heterocycles. The Labute approximate surface area is 47.3 Å². The van der Waals surface area contributed by atoms with Crippen molar-refractivity contribution < 1.29 is 14.6 Å². The van der Waals surface area contributed by atoms with E-state index in [1.54, 1.807) is 0 Å². The molecule has 3 nitrogen and oxygen atoms in total. The first-order valence-electron chi connectivity index (χ1n) is 2.51. The van der Waals surface area contributed by atoms with Crippen molar-refractivity contribution in [3.05, 3.63) is 0 Å². The van der Waals surface area contributed by atoms with Gasteiger partial charge in [-0.15, -0.1) is 0 Å². The van der Waals surface area contributed by atoms with E-state index in [-0.39, 0.29) is 12.0 Å². The fraction of sp³-hybridized carbons (Fsp3) is 0.800. The van der Waals surface area contributed by atoms with Crippen LogP contribution in [0.25, 0.3) is 0 Å². The molecule has 0 spiro atoms. The van der Waals surface area contributed by atoms with Crippen molar-refractivity contribution in [1.29, 1.82) is 0 Å². The molecule has 1 saturated carbocycles. The molecule has 8 heavy (non-hydrogen) atoms. The summed E-state index contributed by atoms with van der Waals surface area (Å²) in [6.07, 6.45) is 0.679. The van der Waals surface area contributed by atoms with E-state index in [1.165, 1.54) is 7.11 Å². The van der Waals surface area contributed by atoms with Crippen LogP contribution in [0.3, 0.4) is 0 Å². The Morgan fingerprint density at radius 3 is 2.62 bits per heavy atom. The lowest BCUT2D eigenvalue weighted by molar-refractivity contribution is -0.139. The van der Waals surface area contributed by atoms with E-state index in [0.29, 0.717) is 6.42 Å². The number of carbonyl (C=O) groups is 1. The minimum Gasteiger partial charge on any atom is -0.481 e. The van der Waals surface area contributed by atoms with Crippen LogP contribution in [0.15, 0.2) is 0 Å². The number of carboxylic acid groups (broad SMARTS) is 1. The van der Waals surface area contributed by atoms with E-state index in [4.69, 9.17) is 9.84 Å². The third-order valence-electron chi connectivity index (χ3n) is 1.35. The monoisotopic (exact) mass is 116 g/mol. The molecular weight excluding hydrogens is 108 g/mol.